The van der Waals surface area contributed by atoms with Crippen LogP contribution in [-0.4, -0.2) is 70.5 Å². The number of hydrogen-bond acceptors (Lipinski definition) is 7. The Morgan fingerprint density at radius 2 is 1.08 bits per heavy atom. The number of ether oxygens (including phenoxy) is 6. The zero-order valence-electron chi connectivity index (χ0n) is 22.8. The number of unbranched alkanes of at least 4 members (excludes halogenated alkanes) is 9. The van der Waals surface area contributed by atoms with Gasteiger partial charge in [-0.15, -0.1) is 0 Å². The molecular weight excluding hydrogens is 476 g/mol. The molecule has 1 aromatic carbocycles. The fourth-order valence-corrected chi connectivity index (χ4v) is 4.24. The normalized spacial score (nSPS) is 16.6. The van der Waals surface area contributed by atoms with Gasteiger partial charge in [0.15, 0.2) is 0 Å². The van der Waals surface area contributed by atoms with Crippen LogP contribution in [0.25, 0.3) is 0 Å². The lowest BCUT2D eigenvalue weighted by Gasteiger charge is -2.16. The molecule has 0 aliphatic carbocycles. The summed E-state index contributed by atoms with van der Waals surface area (Å²) in [7, 11) is 0. The summed E-state index contributed by atoms with van der Waals surface area (Å²) in [6, 6.07) is 3.55. The molecule has 37 heavy (non-hydrogen) atoms. The topological polar surface area (TPSA) is 92.7 Å². The van der Waals surface area contributed by atoms with Gasteiger partial charge in [-0.3, -0.25) is 0 Å². The number of aromatic carboxylic acids is 1. The van der Waals surface area contributed by atoms with Gasteiger partial charge in [0.2, 0.25) is 0 Å². The average Bonchev–Trinajstić information content (AvgIpc) is 2.88. The van der Waals surface area contributed by atoms with E-state index in [1.807, 2.05) is 0 Å². The van der Waals surface area contributed by atoms with Gasteiger partial charge in [-0.25, -0.2) is 4.79 Å². The first kappa shape index (κ1) is 31.5. The molecule has 212 valence electrons. The predicted octanol–water partition coefficient (Wildman–Crippen LogP) is 5.78. The quantitative estimate of drug-likeness (QED) is 0.325. The van der Waals surface area contributed by atoms with Crippen LogP contribution in [0, 0.1) is 0 Å². The fraction of sp³-hybridized carbons (Fsp3) is 0.759. The second-order valence-electron chi connectivity index (χ2n) is 9.39. The van der Waals surface area contributed by atoms with Crippen LogP contribution in [0.1, 0.15) is 92.6 Å². The summed E-state index contributed by atoms with van der Waals surface area (Å²) in [4.78, 5) is 12.1. The number of carboxylic acid groups (broad SMARTS) is 1. The lowest BCUT2D eigenvalue weighted by molar-refractivity contribution is -0.0146. The number of carboxylic acids is 1. The highest BCUT2D eigenvalue weighted by Gasteiger charge is 2.18. The molecule has 0 atom stereocenters. The van der Waals surface area contributed by atoms with Gasteiger partial charge < -0.3 is 33.5 Å². The summed E-state index contributed by atoms with van der Waals surface area (Å²) >= 11 is 0. The Morgan fingerprint density at radius 1 is 0.676 bits per heavy atom. The van der Waals surface area contributed by atoms with Gasteiger partial charge in [0.1, 0.15) is 5.75 Å². The predicted molar refractivity (Wildman–Crippen MR) is 143 cm³/mol. The molecular formula is C29H48O8. The largest absolute Gasteiger partial charge is 0.494 e. The highest BCUT2D eigenvalue weighted by Crippen LogP contribution is 2.25. The molecule has 0 spiro atoms. The monoisotopic (exact) mass is 524 g/mol. The fourth-order valence-electron chi connectivity index (χ4n) is 4.24. The summed E-state index contributed by atoms with van der Waals surface area (Å²) in [6.45, 7) is 6.64. The van der Waals surface area contributed by atoms with E-state index >= 15 is 0 Å². The molecule has 0 fully saturated rings. The first-order chi connectivity index (χ1) is 18.2. The minimum Gasteiger partial charge on any atom is -0.494 e. The molecule has 1 aromatic rings. The third-order valence-electron chi connectivity index (χ3n) is 6.26. The number of carbonyl (C=O) groups is 1. The molecule has 0 radical (unpaired) electrons. The lowest BCUT2D eigenvalue weighted by Crippen LogP contribution is -2.15. The van der Waals surface area contributed by atoms with E-state index in [9.17, 15) is 9.90 Å². The van der Waals surface area contributed by atoms with Crippen LogP contribution in [-0.2, 0) is 36.9 Å². The third kappa shape index (κ3) is 14.7. The van der Waals surface area contributed by atoms with Crippen molar-refractivity contribution >= 4 is 5.97 Å². The van der Waals surface area contributed by atoms with Crippen LogP contribution in [0.4, 0.5) is 0 Å². The Kier molecular flexibility index (Phi) is 18.1. The second kappa shape index (κ2) is 21.2. The van der Waals surface area contributed by atoms with E-state index in [1.165, 1.54) is 51.4 Å². The number of hydrogen-bond donors (Lipinski definition) is 1. The van der Waals surface area contributed by atoms with Crippen LogP contribution < -0.4 is 4.74 Å². The highest BCUT2D eigenvalue weighted by atomic mass is 16.6. The van der Waals surface area contributed by atoms with E-state index in [-0.39, 0.29) is 18.8 Å². The lowest BCUT2D eigenvalue weighted by atomic mass is 10.0. The van der Waals surface area contributed by atoms with Crippen LogP contribution in [0.15, 0.2) is 12.1 Å². The van der Waals surface area contributed by atoms with Gasteiger partial charge in [-0.1, -0.05) is 64.7 Å². The molecule has 1 N–H and O–H groups in total. The molecule has 1 heterocycles. The number of benzene rings is 1. The second-order valence-corrected chi connectivity index (χ2v) is 9.39. The number of rotatable bonds is 13. The van der Waals surface area contributed by atoms with Crippen LogP contribution in [0.2, 0.25) is 0 Å². The summed E-state index contributed by atoms with van der Waals surface area (Å²) < 4.78 is 33.9. The molecule has 2 bridgehead atoms. The molecule has 0 aromatic heterocycles. The van der Waals surface area contributed by atoms with E-state index in [4.69, 9.17) is 28.4 Å². The Balaban J connectivity index is 1.88. The summed E-state index contributed by atoms with van der Waals surface area (Å²) in [5.74, 6) is -0.352. The maximum atomic E-state index is 12.1. The van der Waals surface area contributed by atoms with Gasteiger partial charge in [-0.05, 0) is 29.7 Å². The van der Waals surface area contributed by atoms with Crippen molar-refractivity contribution in [3.8, 4) is 5.75 Å². The van der Waals surface area contributed by atoms with Gasteiger partial charge in [0.25, 0.3) is 0 Å². The minimum atomic E-state index is -1.00. The average molecular weight is 525 g/mol. The van der Waals surface area contributed by atoms with Crippen molar-refractivity contribution in [2.45, 2.75) is 84.3 Å². The maximum Gasteiger partial charge on any atom is 0.336 e. The first-order valence-electron chi connectivity index (χ1n) is 14.1. The molecule has 1 aliphatic heterocycles. The summed E-state index contributed by atoms with van der Waals surface area (Å²) in [5, 5.41) is 9.92. The molecule has 2 rings (SSSR count). The molecule has 8 heteroatoms. The smallest absolute Gasteiger partial charge is 0.336 e. The third-order valence-corrected chi connectivity index (χ3v) is 6.26. The van der Waals surface area contributed by atoms with E-state index in [1.54, 1.807) is 12.1 Å². The Hall–Kier alpha value is -1.71. The van der Waals surface area contributed by atoms with Gasteiger partial charge >= 0.3 is 5.97 Å². The van der Waals surface area contributed by atoms with E-state index in [0.717, 1.165) is 12.8 Å². The van der Waals surface area contributed by atoms with E-state index in [0.29, 0.717) is 76.3 Å². The van der Waals surface area contributed by atoms with Crippen LogP contribution in [0.5, 0.6) is 5.75 Å². The molecule has 0 amide bonds. The van der Waals surface area contributed by atoms with Gasteiger partial charge in [-0.2, -0.15) is 0 Å². The maximum absolute atomic E-state index is 12.1. The standard InChI is InChI=1S/C29H48O8/c1-2-3-4-5-6-7-8-9-10-11-12-37-27-21-25-23-35-19-17-33-15-13-32-14-16-34-18-20-36-24-26(22-27)28(25)29(30)31/h21-22H,2-20,23-24H2,1H3,(H,30,31). The van der Waals surface area contributed by atoms with Crippen molar-refractivity contribution in [2.24, 2.45) is 0 Å². The molecule has 0 saturated heterocycles. The highest BCUT2D eigenvalue weighted by molar-refractivity contribution is 5.91. The Bertz CT molecular complexity index is 687. The van der Waals surface area contributed by atoms with Crippen molar-refractivity contribution in [1.82, 2.24) is 0 Å². The molecule has 0 unspecified atom stereocenters. The van der Waals surface area contributed by atoms with E-state index < -0.39 is 5.97 Å². The number of fused-ring (bicyclic) bond motifs is 2. The van der Waals surface area contributed by atoms with Gasteiger partial charge in [0.05, 0.1) is 78.2 Å². The van der Waals surface area contributed by atoms with Crippen molar-refractivity contribution in [3.05, 3.63) is 28.8 Å². The first-order valence-corrected chi connectivity index (χ1v) is 14.1. The minimum absolute atomic E-state index is 0.160. The molecule has 8 nitrogen and oxygen atoms in total. The summed E-state index contributed by atoms with van der Waals surface area (Å²) in [5.41, 5.74) is 1.36. The van der Waals surface area contributed by atoms with Crippen LogP contribution >= 0.6 is 0 Å². The zero-order chi connectivity index (χ0) is 26.4. The summed E-state index contributed by atoms with van der Waals surface area (Å²) in [6.07, 6.45) is 12.6. The van der Waals surface area contributed by atoms with Crippen molar-refractivity contribution in [3.63, 3.8) is 0 Å². The Labute approximate surface area is 222 Å². The zero-order valence-corrected chi connectivity index (χ0v) is 22.8. The Morgan fingerprint density at radius 3 is 1.51 bits per heavy atom. The van der Waals surface area contributed by atoms with E-state index in [2.05, 4.69) is 6.92 Å². The SMILES string of the molecule is CCCCCCCCCCCCOc1cc2c(C(=O)O)c(c1)COCCOCCOCCOCCOC2. The molecule has 0 saturated carbocycles. The van der Waals surface area contributed by atoms with Crippen molar-refractivity contribution in [1.29, 1.82) is 0 Å². The van der Waals surface area contributed by atoms with Crippen molar-refractivity contribution in [2.75, 3.05) is 59.5 Å². The molecule has 1 aliphatic rings. The van der Waals surface area contributed by atoms with Gasteiger partial charge in [0, 0.05) is 0 Å². The van der Waals surface area contributed by atoms with Crippen LogP contribution in [0.3, 0.4) is 0 Å². The van der Waals surface area contributed by atoms with Crippen molar-refractivity contribution < 1.29 is 38.3 Å².